The molecule has 6 aliphatic rings. The number of methoxy groups -OCH3 is 1. The summed E-state index contributed by atoms with van der Waals surface area (Å²) in [6.07, 6.45) is 7.32. The first kappa shape index (κ1) is 44.1. The Morgan fingerprint density at radius 1 is 0.759 bits per heavy atom. The van der Waals surface area contributed by atoms with Crippen LogP contribution in [0.15, 0.2) is 9.98 Å². The number of nitrogens with one attached hydrogen (secondary N) is 1. The third-order valence-electron chi connectivity index (χ3n) is 11.5. The number of aliphatic hydroxyl groups excluding tert-OH is 2. The summed E-state index contributed by atoms with van der Waals surface area (Å²) < 4.78 is 32.6. The van der Waals surface area contributed by atoms with E-state index in [0.29, 0.717) is 26.2 Å². The highest BCUT2D eigenvalue weighted by Crippen LogP contribution is 2.49. The topological polar surface area (TPSA) is 201 Å². The highest BCUT2D eigenvalue weighted by molar-refractivity contribution is 5.73. The predicted octanol–water partition coefficient (Wildman–Crippen LogP) is 2.96. The first-order valence-corrected chi connectivity index (χ1v) is 19.2. The van der Waals surface area contributed by atoms with Gasteiger partial charge in [0.2, 0.25) is 18.1 Å². The third-order valence-corrected chi connectivity index (χ3v) is 11.5. The van der Waals surface area contributed by atoms with Crippen molar-refractivity contribution in [2.24, 2.45) is 31.6 Å². The fourth-order valence-corrected chi connectivity index (χ4v) is 10.1. The van der Waals surface area contributed by atoms with E-state index in [9.17, 15) is 19.2 Å². The number of esters is 1. The van der Waals surface area contributed by atoms with Crippen LogP contribution in [-0.4, -0.2) is 135 Å². The van der Waals surface area contributed by atoms with Crippen molar-refractivity contribution in [1.82, 2.24) is 5.32 Å². The van der Waals surface area contributed by atoms with Crippen LogP contribution in [0.4, 0.5) is 0 Å². The monoisotopic (exact) mass is 765 g/mol. The predicted molar refractivity (Wildman–Crippen MR) is 195 cm³/mol. The molecule has 3 N–H and O–H groups in total. The van der Waals surface area contributed by atoms with E-state index in [0.717, 1.165) is 44.9 Å². The van der Waals surface area contributed by atoms with Crippen LogP contribution >= 0.6 is 0 Å². The second kappa shape index (κ2) is 18.6. The van der Waals surface area contributed by atoms with Gasteiger partial charge in [-0.3, -0.25) is 9.59 Å². The number of aliphatic hydroxyl groups is 2. The van der Waals surface area contributed by atoms with Crippen molar-refractivity contribution in [3.05, 3.63) is 0 Å². The fraction of sp³-hybridized carbons (Fsp3) is 0.897. The zero-order chi connectivity index (χ0) is 39.9. The lowest BCUT2D eigenvalue weighted by atomic mass is 9.61. The molecular weight excluding hydrogens is 702 g/mol. The minimum absolute atomic E-state index is 0.00572. The van der Waals surface area contributed by atoms with Crippen LogP contribution in [0.5, 0.6) is 0 Å². The number of hydrogen-bond acceptors (Lipinski definition) is 14. The molecule has 0 aromatic heterocycles. The first-order valence-electron chi connectivity index (χ1n) is 19.2. The summed E-state index contributed by atoms with van der Waals surface area (Å²) >= 11 is 0. The van der Waals surface area contributed by atoms with E-state index < -0.39 is 12.2 Å². The molecule has 306 valence electrons. The molecule has 2 aliphatic carbocycles. The van der Waals surface area contributed by atoms with Crippen molar-refractivity contribution in [3.63, 3.8) is 0 Å². The Morgan fingerprint density at radius 3 is 1.89 bits per heavy atom. The van der Waals surface area contributed by atoms with Gasteiger partial charge in [-0.15, -0.1) is 0 Å². The lowest BCUT2D eigenvalue weighted by molar-refractivity contribution is -0.155. The molecule has 12 unspecified atom stereocenters. The lowest BCUT2D eigenvalue weighted by Gasteiger charge is -2.47. The zero-order valence-corrected chi connectivity index (χ0v) is 33.3. The van der Waals surface area contributed by atoms with Crippen molar-refractivity contribution in [1.29, 1.82) is 0 Å². The minimum Gasteiger partial charge on any atom is -0.457 e. The molecule has 6 rings (SSSR count). The average molecular weight is 766 g/mol. The Balaban J connectivity index is 0.000000208. The maximum atomic E-state index is 12.5. The smallest absolute Gasteiger partial charge is 0.306 e. The second-order valence-corrected chi connectivity index (χ2v) is 18.4. The van der Waals surface area contributed by atoms with Gasteiger partial charge in [-0.05, 0) is 66.6 Å². The summed E-state index contributed by atoms with van der Waals surface area (Å²) in [6, 6.07) is 0.164. The van der Waals surface area contributed by atoms with E-state index in [-0.39, 0.29) is 95.5 Å². The van der Waals surface area contributed by atoms with Gasteiger partial charge in [0, 0.05) is 26.5 Å². The number of ether oxygens (including phenoxy) is 6. The Hall–Kier alpha value is -2.58. The molecular formula is C39H63N3O12. The molecule has 12 atom stereocenters. The Morgan fingerprint density at radius 2 is 1.31 bits per heavy atom. The molecule has 4 aliphatic heterocycles. The first-order chi connectivity index (χ1) is 25.3. The molecule has 0 spiro atoms. The van der Waals surface area contributed by atoms with E-state index in [2.05, 4.69) is 56.8 Å². The molecule has 0 radical (unpaired) electrons. The number of rotatable bonds is 9. The van der Waals surface area contributed by atoms with Crippen molar-refractivity contribution in [2.45, 2.75) is 161 Å². The number of hydrogen-bond donors (Lipinski definition) is 3. The van der Waals surface area contributed by atoms with E-state index in [1.807, 2.05) is 0 Å². The van der Waals surface area contributed by atoms with Gasteiger partial charge in [-0.25, -0.2) is 19.6 Å². The van der Waals surface area contributed by atoms with Crippen LogP contribution in [0.25, 0.3) is 0 Å². The molecule has 15 heteroatoms. The molecule has 4 heterocycles. The number of nitrogens with zero attached hydrogens (tertiary/aromatic N) is 2. The number of isocyanates is 2. The summed E-state index contributed by atoms with van der Waals surface area (Å²) in [7, 11) is 1.64. The highest BCUT2D eigenvalue weighted by atomic mass is 16.7. The number of carbonyl (C=O) groups is 2. The van der Waals surface area contributed by atoms with Crippen molar-refractivity contribution >= 4 is 24.0 Å². The third kappa shape index (κ3) is 12.2. The van der Waals surface area contributed by atoms with Crippen LogP contribution < -0.4 is 5.32 Å². The average Bonchev–Trinajstić information content (AvgIpc) is 3.83. The van der Waals surface area contributed by atoms with Gasteiger partial charge in [0.1, 0.15) is 42.7 Å². The van der Waals surface area contributed by atoms with Crippen molar-refractivity contribution < 1.29 is 57.8 Å². The van der Waals surface area contributed by atoms with Gasteiger partial charge in [-0.2, -0.15) is 0 Å². The summed E-state index contributed by atoms with van der Waals surface area (Å²) in [5.41, 5.74) is 0.178. The molecule has 0 bridgehead atoms. The largest absolute Gasteiger partial charge is 0.457 e. The Bertz CT molecular complexity index is 1370. The summed E-state index contributed by atoms with van der Waals surface area (Å²) in [5.74, 6) is -0.203. The normalized spacial score (nSPS) is 39.9. The minimum atomic E-state index is -0.554. The lowest BCUT2D eigenvalue weighted by Crippen LogP contribution is -2.46. The maximum Gasteiger partial charge on any atom is 0.306 e. The molecule has 15 nitrogen and oxygen atoms in total. The van der Waals surface area contributed by atoms with Gasteiger partial charge in [0.05, 0.1) is 39.0 Å². The van der Waals surface area contributed by atoms with Crippen LogP contribution in [0.1, 0.15) is 99.8 Å². The zero-order valence-electron chi connectivity index (χ0n) is 33.3. The van der Waals surface area contributed by atoms with Crippen molar-refractivity contribution in [3.8, 4) is 0 Å². The van der Waals surface area contributed by atoms with E-state index in [1.165, 1.54) is 0 Å². The van der Waals surface area contributed by atoms with Crippen LogP contribution in [0.3, 0.4) is 0 Å². The van der Waals surface area contributed by atoms with Gasteiger partial charge in [0.15, 0.2) is 6.10 Å². The van der Waals surface area contributed by atoms with E-state index >= 15 is 0 Å². The van der Waals surface area contributed by atoms with Crippen LogP contribution in [-0.2, 0) is 47.6 Å². The standard InChI is InChI=1S/C21H35NO6.C12H18N2O2.C6H10O4/c1-13(23)22-14-8-20(2,3)12-21(4,9-14)7-6-17(24)28-16-11-27-18-15(25-5)10-26-19(16)18;1-11(2)4-10(14-9-16)5-12(3,6-11)7-13-8-15;7-3-1-9-6-4(8)2-10-5(3)6/h14-16,18-19H,6-12H2,1-5H3,(H,22,23);10H,4-7H2,1-3H3;3-8H,1-2H2. The summed E-state index contributed by atoms with van der Waals surface area (Å²) in [6.45, 7) is 16.5. The molecule has 6 fully saturated rings. The molecule has 0 aromatic carbocycles. The molecule has 4 saturated heterocycles. The maximum absolute atomic E-state index is 12.5. The van der Waals surface area contributed by atoms with E-state index in [1.54, 1.807) is 26.2 Å². The van der Waals surface area contributed by atoms with Gasteiger partial charge < -0.3 is 44.0 Å². The molecule has 1 amide bonds. The van der Waals surface area contributed by atoms with E-state index in [4.69, 9.17) is 38.6 Å². The Labute approximate surface area is 319 Å². The quantitative estimate of drug-likeness (QED) is 0.176. The SMILES string of the molecule is CC1(C)CC(N=C=O)CC(C)(CN=C=O)C1.COC1COC2C(OC(=O)CCC3(C)CC(NC(C)=O)CC(C)(C)C3)COC12.OC1COC2C(O)COC12. The summed E-state index contributed by atoms with van der Waals surface area (Å²) in [4.78, 5) is 52.1. The number of carbonyl (C=O) groups excluding carboxylic acids is 4. The van der Waals surface area contributed by atoms with Crippen LogP contribution in [0.2, 0.25) is 0 Å². The molecule has 0 aromatic rings. The van der Waals surface area contributed by atoms with Crippen molar-refractivity contribution in [2.75, 3.05) is 40.1 Å². The Kier molecular flexibility index (Phi) is 15.2. The summed E-state index contributed by atoms with van der Waals surface area (Å²) in [5, 5.41) is 21.4. The molecule has 54 heavy (non-hydrogen) atoms. The number of amides is 1. The van der Waals surface area contributed by atoms with Gasteiger partial charge >= 0.3 is 5.97 Å². The number of aliphatic imine (C=N–C) groups is 2. The number of fused-ring (bicyclic) bond motifs is 2. The highest BCUT2D eigenvalue weighted by Gasteiger charge is 2.50. The fourth-order valence-electron chi connectivity index (χ4n) is 10.1. The van der Waals surface area contributed by atoms with Gasteiger partial charge in [0.25, 0.3) is 0 Å². The van der Waals surface area contributed by atoms with Crippen LogP contribution in [0, 0.1) is 21.7 Å². The van der Waals surface area contributed by atoms with Gasteiger partial charge in [-0.1, -0.05) is 41.5 Å². The second-order valence-electron chi connectivity index (χ2n) is 18.4. The molecule has 2 saturated carbocycles.